The Hall–Kier alpha value is -5.62. The second kappa shape index (κ2) is 27.1. The normalized spacial score (nSPS) is 15.1. The largest absolute Gasteiger partial charge is 0.481 e. The van der Waals surface area contributed by atoms with Gasteiger partial charge in [0.15, 0.2) is 5.96 Å². The van der Waals surface area contributed by atoms with Crippen LogP contribution in [0, 0.1) is 11.8 Å². The van der Waals surface area contributed by atoms with Gasteiger partial charge in [-0.3, -0.25) is 43.3 Å². The average molecular weight is 845 g/mol. The molecule has 0 radical (unpaired) electrons. The van der Waals surface area contributed by atoms with E-state index >= 15 is 0 Å². The van der Waals surface area contributed by atoms with E-state index in [0.29, 0.717) is 25.8 Å². The Morgan fingerprint density at radius 1 is 0.559 bits per heavy atom. The molecule has 0 heterocycles. The monoisotopic (exact) mass is 844 g/mol. The molecule has 24 nitrogen and oxygen atoms in total. The van der Waals surface area contributed by atoms with Crippen molar-refractivity contribution in [3.05, 3.63) is 0 Å². The number of aliphatic hydroxyl groups excluding tert-OH is 1. The lowest BCUT2D eigenvalue weighted by Crippen LogP contribution is -2.61. The number of carbonyl (C=O) groups is 9. The number of guanidine groups is 1. The summed E-state index contributed by atoms with van der Waals surface area (Å²) in [6.45, 7) is 8.54. The molecule has 0 aliphatic rings. The Bertz CT molecular complexity index is 1490. The number of nitrogens with one attached hydrogen (secondary N) is 7. The molecular weight excluding hydrogens is 780 g/mol. The molecule has 0 fully saturated rings. The maximum Gasteiger partial charge on any atom is 0.326 e. The molecule has 24 heteroatoms. The molecule has 0 saturated heterocycles. The summed E-state index contributed by atoms with van der Waals surface area (Å²) >= 11 is 0. The number of rotatable bonds is 28. The van der Waals surface area contributed by atoms with Crippen molar-refractivity contribution in [2.24, 2.45) is 39.8 Å². The van der Waals surface area contributed by atoms with Gasteiger partial charge in [0.05, 0.1) is 19.1 Å². The fourth-order valence-corrected chi connectivity index (χ4v) is 5.17. The van der Waals surface area contributed by atoms with Crippen molar-refractivity contribution >= 4 is 59.2 Å². The number of aliphatic hydroxyl groups is 1. The Labute approximate surface area is 342 Å². The van der Waals surface area contributed by atoms with Crippen LogP contribution in [-0.2, 0) is 43.2 Å². The zero-order valence-electron chi connectivity index (χ0n) is 34.4. The highest BCUT2D eigenvalue weighted by atomic mass is 16.4. The molecule has 59 heavy (non-hydrogen) atoms. The first-order valence-electron chi connectivity index (χ1n) is 19.2. The number of hydrogen-bond acceptors (Lipinski definition) is 13. The highest BCUT2D eigenvalue weighted by molar-refractivity contribution is 5.98. The number of nitrogens with zero attached hydrogens (tertiary/aromatic N) is 1. The first-order valence-corrected chi connectivity index (χ1v) is 19.2. The number of aliphatic imine (C=N–C) groups is 1. The molecule has 0 aromatic heterocycles. The fourth-order valence-electron chi connectivity index (χ4n) is 5.17. The van der Waals surface area contributed by atoms with E-state index in [0.717, 1.165) is 6.92 Å². The van der Waals surface area contributed by atoms with E-state index in [9.17, 15) is 58.5 Å². The Morgan fingerprint density at radius 3 is 1.49 bits per heavy atom. The third kappa shape index (κ3) is 20.6. The van der Waals surface area contributed by atoms with E-state index in [2.05, 4.69) is 42.2 Å². The summed E-state index contributed by atoms with van der Waals surface area (Å²) in [7, 11) is 0. The van der Waals surface area contributed by atoms with Crippen LogP contribution >= 0.6 is 0 Å². The standard InChI is InChI=1S/C35H64N12O12/c1-16(2)25(47-29(53)20(37)10-7-8-12-36)32(56)42-19(6)28(52)46-26(17(3)4)33(57)45-23(15-48)31(55)41-18(5)27(51)44-22(14-24(49)50)30(54)43-21(34(58)59)11-9-13-40-35(38)39/h16-23,25-26,48H,7-15,36-37H2,1-6H3,(H,41,55)(H,42,56)(H,43,54)(H,44,51)(H,45,57)(H,46,52)(H,47,53)(H,49,50)(H,58,59)(H4,38,39,40). The van der Waals surface area contributed by atoms with Gasteiger partial charge in [0, 0.05) is 6.54 Å². The number of carboxylic acid groups (broad SMARTS) is 2. The summed E-state index contributed by atoms with van der Waals surface area (Å²) < 4.78 is 0. The predicted octanol–water partition coefficient (Wildman–Crippen LogP) is -5.21. The molecule has 0 saturated carbocycles. The minimum Gasteiger partial charge on any atom is -0.481 e. The van der Waals surface area contributed by atoms with Gasteiger partial charge in [-0.2, -0.15) is 0 Å². The molecular formula is C35H64N12O12. The maximum absolute atomic E-state index is 13.3. The number of amides is 7. The smallest absolute Gasteiger partial charge is 0.326 e. The van der Waals surface area contributed by atoms with Gasteiger partial charge in [-0.25, -0.2) is 4.79 Å². The van der Waals surface area contributed by atoms with Gasteiger partial charge < -0.3 is 75.5 Å². The molecule has 336 valence electrons. The van der Waals surface area contributed by atoms with Crippen molar-refractivity contribution in [1.29, 1.82) is 0 Å². The lowest BCUT2D eigenvalue weighted by Gasteiger charge is -2.28. The van der Waals surface area contributed by atoms with E-state index < -0.39 is 126 Å². The summed E-state index contributed by atoms with van der Waals surface area (Å²) in [4.78, 5) is 118. The van der Waals surface area contributed by atoms with Crippen molar-refractivity contribution in [2.75, 3.05) is 19.7 Å². The first kappa shape index (κ1) is 53.4. The summed E-state index contributed by atoms with van der Waals surface area (Å²) in [6.07, 6.45) is 0.684. The quantitative estimate of drug-likeness (QED) is 0.0199. The lowest BCUT2D eigenvalue weighted by molar-refractivity contribution is -0.143. The summed E-state index contributed by atoms with van der Waals surface area (Å²) in [5, 5.41) is 45.2. The molecule has 8 atom stereocenters. The van der Waals surface area contributed by atoms with Crippen molar-refractivity contribution < 1.29 is 58.5 Å². The minimum absolute atomic E-state index is 0.0466. The molecule has 18 N–H and O–H groups in total. The highest BCUT2D eigenvalue weighted by Gasteiger charge is 2.34. The van der Waals surface area contributed by atoms with Gasteiger partial charge in [0.1, 0.15) is 42.3 Å². The second-order valence-electron chi connectivity index (χ2n) is 14.6. The van der Waals surface area contributed by atoms with Crippen molar-refractivity contribution in [2.45, 2.75) is 128 Å². The van der Waals surface area contributed by atoms with Gasteiger partial charge >= 0.3 is 11.9 Å². The molecule has 8 unspecified atom stereocenters. The van der Waals surface area contributed by atoms with Crippen LogP contribution in [0.2, 0.25) is 0 Å². The van der Waals surface area contributed by atoms with Gasteiger partial charge in [-0.05, 0) is 57.9 Å². The van der Waals surface area contributed by atoms with Crippen molar-refractivity contribution in [3.8, 4) is 0 Å². The first-order chi connectivity index (χ1) is 27.5. The zero-order chi connectivity index (χ0) is 45.6. The van der Waals surface area contributed by atoms with Gasteiger partial charge in [-0.1, -0.05) is 34.1 Å². The Balaban J connectivity index is 5.59. The van der Waals surface area contributed by atoms with Crippen LogP contribution in [0.1, 0.15) is 80.1 Å². The van der Waals surface area contributed by atoms with E-state index in [4.69, 9.17) is 22.9 Å². The minimum atomic E-state index is -1.78. The molecule has 0 bridgehead atoms. The maximum atomic E-state index is 13.3. The van der Waals surface area contributed by atoms with Crippen LogP contribution in [0.3, 0.4) is 0 Å². The van der Waals surface area contributed by atoms with Crippen LogP contribution in [0.25, 0.3) is 0 Å². The molecule has 0 rings (SSSR count). The third-order valence-corrected chi connectivity index (χ3v) is 8.69. The molecule has 0 aliphatic heterocycles. The van der Waals surface area contributed by atoms with E-state index in [-0.39, 0.29) is 25.3 Å². The average Bonchev–Trinajstić information content (AvgIpc) is 3.14. The summed E-state index contributed by atoms with van der Waals surface area (Å²) in [5.74, 6) is -10.4. The van der Waals surface area contributed by atoms with Gasteiger partial charge in [0.25, 0.3) is 0 Å². The number of nitrogens with two attached hydrogens (primary N) is 4. The number of carboxylic acids is 2. The molecule has 0 spiro atoms. The predicted molar refractivity (Wildman–Crippen MR) is 212 cm³/mol. The molecule has 0 aromatic rings. The Kier molecular flexibility index (Phi) is 24.6. The summed E-state index contributed by atoms with van der Waals surface area (Å²) in [6, 6.07) is -10.8. The number of aliphatic carboxylic acids is 2. The van der Waals surface area contributed by atoms with E-state index in [1.807, 2.05) is 0 Å². The fraction of sp³-hybridized carbons (Fsp3) is 0.714. The zero-order valence-corrected chi connectivity index (χ0v) is 34.4. The lowest BCUT2D eigenvalue weighted by atomic mass is 10.0. The number of unbranched alkanes of at least 4 members (excludes halogenated alkanes) is 1. The molecule has 7 amide bonds. The molecule has 0 aromatic carbocycles. The van der Waals surface area contributed by atoms with Crippen LogP contribution in [0.5, 0.6) is 0 Å². The second-order valence-corrected chi connectivity index (χ2v) is 14.6. The van der Waals surface area contributed by atoms with Gasteiger partial charge in [0.2, 0.25) is 41.4 Å². The molecule has 0 aliphatic carbocycles. The highest BCUT2D eigenvalue weighted by Crippen LogP contribution is 2.08. The van der Waals surface area contributed by atoms with Crippen molar-refractivity contribution in [1.82, 2.24) is 37.2 Å². The number of carbonyl (C=O) groups excluding carboxylic acids is 7. The number of hydrogen-bond donors (Lipinski definition) is 14. The van der Waals surface area contributed by atoms with Crippen LogP contribution in [0.4, 0.5) is 0 Å². The third-order valence-electron chi connectivity index (χ3n) is 8.69. The van der Waals surface area contributed by atoms with Crippen molar-refractivity contribution in [3.63, 3.8) is 0 Å². The van der Waals surface area contributed by atoms with E-state index in [1.165, 1.54) is 6.92 Å². The van der Waals surface area contributed by atoms with Crippen LogP contribution in [0.15, 0.2) is 4.99 Å². The van der Waals surface area contributed by atoms with Crippen LogP contribution < -0.4 is 60.2 Å². The summed E-state index contributed by atoms with van der Waals surface area (Å²) in [5.41, 5.74) is 21.9. The SMILES string of the molecule is CC(NC(=O)C(CO)NC(=O)C(NC(=O)C(C)NC(=O)C(NC(=O)C(N)CCCCN)C(C)C)C(C)C)C(=O)NC(CC(=O)O)C(=O)NC(CCCN=C(N)N)C(=O)O. The topological polar surface area (TPSA) is 415 Å². The van der Waals surface area contributed by atoms with Crippen LogP contribution in [-0.4, -0.2) is 143 Å². The van der Waals surface area contributed by atoms with E-state index in [1.54, 1.807) is 27.7 Å². The Morgan fingerprint density at radius 2 is 1.02 bits per heavy atom. The van der Waals surface area contributed by atoms with Gasteiger partial charge in [-0.15, -0.1) is 0 Å².